The maximum atomic E-state index is 12.7. The van der Waals surface area contributed by atoms with E-state index in [1.807, 2.05) is 30.3 Å². The summed E-state index contributed by atoms with van der Waals surface area (Å²) < 4.78 is 70.2. The van der Waals surface area contributed by atoms with Gasteiger partial charge in [-0.15, -0.1) is 0 Å². The van der Waals surface area contributed by atoms with Gasteiger partial charge in [0.05, 0.1) is 23.2 Å². The molecule has 1 heterocycles. The van der Waals surface area contributed by atoms with E-state index in [-0.39, 0.29) is 24.6 Å². The summed E-state index contributed by atoms with van der Waals surface area (Å²) in [5, 5.41) is 0. The summed E-state index contributed by atoms with van der Waals surface area (Å²) in [6.07, 6.45) is -4.90. The number of rotatable bonds is 3. The third kappa shape index (κ3) is 3.86. The van der Waals surface area contributed by atoms with Crippen molar-refractivity contribution < 1.29 is 26.3 Å². The average molecular weight is 371 g/mol. The van der Waals surface area contributed by atoms with Crippen LogP contribution in [-0.4, -0.2) is 32.4 Å². The Hall–Kier alpha value is -1.90. The van der Waals surface area contributed by atoms with E-state index in [9.17, 15) is 21.6 Å². The van der Waals surface area contributed by atoms with Gasteiger partial charge in [0, 0.05) is 13.1 Å². The minimum atomic E-state index is -4.50. The topological polar surface area (TPSA) is 46.6 Å². The molecule has 1 saturated heterocycles. The fourth-order valence-corrected chi connectivity index (χ4v) is 4.10. The van der Waals surface area contributed by atoms with Crippen molar-refractivity contribution in [2.45, 2.75) is 17.2 Å². The maximum absolute atomic E-state index is 12.7. The Kier molecular flexibility index (Phi) is 4.86. The monoisotopic (exact) mass is 371 g/mol. The Balaban J connectivity index is 1.82. The van der Waals surface area contributed by atoms with E-state index in [4.69, 9.17) is 4.74 Å². The van der Waals surface area contributed by atoms with Gasteiger partial charge in [-0.25, -0.2) is 8.42 Å². The Bertz CT molecular complexity index is 820. The lowest BCUT2D eigenvalue weighted by atomic mass is 10.1. The van der Waals surface area contributed by atoms with Crippen LogP contribution in [0.1, 0.15) is 17.2 Å². The molecule has 2 aromatic rings. The van der Waals surface area contributed by atoms with Crippen LogP contribution in [0.15, 0.2) is 59.5 Å². The molecule has 0 amide bonds. The first-order valence-electron chi connectivity index (χ1n) is 7.62. The molecule has 1 aliphatic rings. The Labute approximate surface area is 143 Å². The van der Waals surface area contributed by atoms with Gasteiger partial charge in [-0.05, 0) is 29.8 Å². The zero-order valence-electron chi connectivity index (χ0n) is 13.1. The van der Waals surface area contributed by atoms with Crippen molar-refractivity contribution in [1.82, 2.24) is 4.31 Å². The number of nitrogens with zero attached hydrogens (tertiary/aromatic N) is 1. The summed E-state index contributed by atoms with van der Waals surface area (Å²) in [5.74, 6) is 0. The number of sulfonamides is 1. The van der Waals surface area contributed by atoms with E-state index < -0.39 is 27.9 Å². The molecular formula is C17H16F3NO3S. The van der Waals surface area contributed by atoms with Crippen molar-refractivity contribution in [3.05, 3.63) is 65.7 Å². The molecule has 1 unspecified atom stereocenters. The van der Waals surface area contributed by atoms with Crippen LogP contribution in [0.4, 0.5) is 13.2 Å². The first kappa shape index (κ1) is 17.9. The van der Waals surface area contributed by atoms with Crippen LogP contribution in [0.5, 0.6) is 0 Å². The molecule has 3 rings (SSSR count). The first-order chi connectivity index (χ1) is 11.8. The molecule has 1 atom stereocenters. The van der Waals surface area contributed by atoms with Crippen molar-refractivity contribution in [2.75, 3.05) is 19.7 Å². The molecule has 0 aliphatic carbocycles. The molecule has 0 spiro atoms. The summed E-state index contributed by atoms with van der Waals surface area (Å²) >= 11 is 0. The predicted molar refractivity (Wildman–Crippen MR) is 85.3 cm³/mol. The Morgan fingerprint density at radius 3 is 2.24 bits per heavy atom. The van der Waals surface area contributed by atoms with E-state index in [1.54, 1.807) is 0 Å². The van der Waals surface area contributed by atoms with Gasteiger partial charge in [0.25, 0.3) is 0 Å². The maximum Gasteiger partial charge on any atom is 0.416 e. The number of morpholine rings is 1. The molecule has 4 nitrogen and oxygen atoms in total. The highest BCUT2D eigenvalue weighted by molar-refractivity contribution is 7.89. The second kappa shape index (κ2) is 6.78. The third-order valence-electron chi connectivity index (χ3n) is 4.02. The van der Waals surface area contributed by atoms with E-state index in [0.29, 0.717) is 0 Å². The lowest BCUT2D eigenvalue weighted by molar-refractivity contribution is -0.137. The fraction of sp³-hybridized carbons (Fsp3) is 0.294. The highest BCUT2D eigenvalue weighted by Crippen LogP contribution is 2.31. The van der Waals surface area contributed by atoms with Crippen molar-refractivity contribution in [3.63, 3.8) is 0 Å². The molecule has 1 aliphatic heterocycles. The molecule has 1 fully saturated rings. The number of alkyl halides is 3. The quantitative estimate of drug-likeness (QED) is 0.830. The minimum Gasteiger partial charge on any atom is -0.371 e. The second-order valence-electron chi connectivity index (χ2n) is 5.66. The lowest BCUT2D eigenvalue weighted by Crippen LogP contribution is -2.42. The number of hydrogen-bond donors (Lipinski definition) is 0. The van der Waals surface area contributed by atoms with Gasteiger partial charge in [-0.1, -0.05) is 30.3 Å². The van der Waals surface area contributed by atoms with Crippen LogP contribution in [0.25, 0.3) is 0 Å². The highest BCUT2D eigenvalue weighted by atomic mass is 32.2. The minimum absolute atomic E-state index is 0.118. The van der Waals surface area contributed by atoms with Crippen LogP contribution in [0.2, 0.25) is 0 Å². The van der Waals surface area contributed by atoms with Gasteiger partial charge in [0.1, 0.15) is 0 Å². The number of hydrogen-bond acceptors (Lipinski definition) is 3. The van der Waals surface area contributed by atoms with Crippen molar-refractivity contribution in [1.29, 1.82) is 0 Å². The van der Waals surface area contributed by atoms with Gasteiger partial charge in [0.2, 0.25) is 10.0 Å². The lowest BCUT2D eigenvalue weighted by Gasteiger charge is -2.32. The third-order valence-corrected chi connectivity index (χ3v) is 5.90. The average Bonchev–Trinajstić information content (AvgIpc) is 2.62. The molecule has 0 aromatic heterocycles. The van der Waals surface area contributed by atoms with Gasteiger partial charge < -0.3 is 4.74 Å². The van der Waals surface area contributed by atoms with Crippen molar-refractivity contribution in [3.8, 4) is 0 Å². The smallest absolute Gasteiger partial charge is 0.371 e. The van der Waals surface area contributed by atoms with E-state index >= 15 is 0 Å². The van der Waals surface area contributed by atoms with Gasteiger partial charge in [0.15, 0.2) is 0 Å². The number of benzene rings is 2. The molecule has 134 valence electrons. The van der Waals surface area contributed by atoms with Crippen LogP contribution in [0, 0.1) is 0 Å². The SMILES string of the molecule is O=S(=O)(c1ccc(C(F)(F)F)cc1)N1CCOC(c2ccccc2)C1. The van der Waals surface area contributed by atoms with Gasteiger partial charge >= 0.3 is 6.18 Å². The molecular weight excluding hydrogens is 355 g/mol. The molecule has 0 N–H and O–H groups in total. The summed E-state index contributed by atoms with van der Waals surface area (Å²) in [6.45, 7) is 0.499. The summed E-state index contributed by atoms with van der Waals surface area (Å²) in [6, 6.07) is 12.8. The van der Waals surface area contributed by atoms with Crippen molar-refractivity contribution >= 4 is 10.0 Å². The molecule has 0 bridgehead atoms. The standard InChI is InChI=1S/C17H16F3NO3S/c18-17(19,20)14-6-8-15(9-7-14)25(22,23)21-10-11-24-16(12-21)13-4-2-1-3-5-13/h1-9,16H,10-12H2. The van der Waals surface area contributed by atoms with Gasteiger partial charge in [-0.3, -0.25) is 0 Å². The molecule has 2 aromatic carbocycles. The largest absolute Gasteiger partial charge is 0.416 e. The molecule has 0 radical (unpaired) electrons. The molecule has 0 saturated carbocycles. The second-order valence-corrected chi connectivity index (χ2v) is 7.59. The van der Waals surface area contributed by atoms with E-state index in [1.165, 1.54) is 4.31 Å². The fourth-order valence-electron chi connectivity index (χ4n) is 2.68. The van der Waals surface area contributed by atoms with Crippen LogP contribution >= 0.6 is 0 Å². The highest BCUT2D eigenvalue weighted by Gasteiger charge is 2.33. The number of halogens is 3. The van der Waals surface area contributed by atoms with Crippen LogP contribution < -0.4 is 0 Å². The van der Waals surface area contributed by atoms with Crippen molar-refractivity contribution in [2.24, 2.45) is 0 Å². The number of ether oxygens (including phenoxy) is 1. The van der Waals surface area contributed by atoms with Crippen LogP contribution in [-0.2, 0) is 20.9 Å². The van der Waals surface area contributed by atoms with Crippen LogP contribution in [0.3, 0.4) is 0 Å². The van der Waals surface area contributed by atoms with E-state index in [0.717, 1.165) is 29.8 Å². The zero-order valence-corrected chi connectivity index (χ0v) is 13.9. The Morgan fingerprint density at radius 2 is 1.64 bits per heavy atom. The summed E-state index contributed by atoms with van der Waals surface area (Å²) in [4.78, 5) is -0.158. The summed E-state index contributed by atoms with van der Waals surface area (Å²) in [5.41, 5.74) is -0.0228. The molecule has 8 heteroatoms. The summed E-state index contributed by atoms with van der Waals surface area (Å²) in [7, 11) is -3.88. The Morgan fingerprint density at radius 1 is 1.00 bits per heavy atom. The van der Waals surface area contributed by atoms with Gasteiger partial charge in [-0.2, -0.15) is 17.5 Å². The normalized spacial score (nSPS) is 19.7. The predicted octanol–water partition coefficient (Wildman–Crippen LogP) is 3.47. The zero-order chi connectivity index (χ0) is 18.1. The van der Waals surface area contributed by atoms with E-state index in [2.05, 4.69) is 0 Å². The first-order valence-corrected chi connectivity index (χ1v) is 9.06. The molecule has 25 heavy (non-hydrogen) atoms.